The van der Waals surface area contributed by atoms with Crippen molar-refractivity contribution < 1.29 is 9.53 Å². The first-order valence-corrected chi connectivity index (χ1v) is 3.54. The van der Waals surface area contributed by atoms with Crippen molar-refractivity contribution in [1.29, 1.82) is 0 Å². The van der Waals surface area contributed by atoms with Crippen LogP contribution in [0.25, 0.3) is 0 Å². The predicted octanol–water partition coefficient (Wildman–Crippen LogP) is 0.897. The molecule has 2 nitrogen and oxygen atoms in total. The molecular weight excluding hydrogens is 116 g/mol. The van der Waals surface area contributed by atoms with Crippen LogP contribution < -0.4 is 0 Å². The van der Waals surface area contributed by atoms with Crippen molar-refractivity contribution in [2.24, 2.45) is 0 Å². The molecule has 50 valence electrons. The van der Waals surface area contributed by atoms with E-state index >= 15 is 0 Å². The quantitative estimate of drug-likeness (QED) is 0.482. The van der Waals surface area contributed by atoms with Gasteiger partial charge in [-0.05, 0) is 19.3 Å². The molecule has 2 fully saturated rings. The van der Waals surface area contributed by atoms with E-state index in [0.29, 0.717) is 11.9 Å². The average Bonchev–Trinajstić information content (AvgIpc) is 2.25. The van der Waals surface area contributed by atoms with E-state index in [9.17, 15) is 4.79 Å². The molecule has 0 aromatic heterocycles. The van der Waals surface area contributed by atoms with Gasteiger partial charge in [0.1, 0.15) is 6.10 Å². The maximum absolute atomic E-state index is 10.9. The summed E-state index contributed by atoms with van der Waals surface area (Å²) in [5.41, 5.74) is 0. The third kappa shape index (κ3) is 0.778. The lowest BCUT2D eigenvalue weighted by Crippen LogP contribution is -2.26. The summed E-state index contributed by atoms with van der Waals surface area (Å²) in [5.74, 6) is 0.323. The summed E-state index contributed by atoms with van der Waals surface area (Å²) >= 11 is 0. The first-order chi connectivity index (χ1) is 4.36. The third-order valence-electron chi connectivity index (χ3n) is 2.18. The lowest BCUT2D eigenvalue weighted by molar-refractivity contribution is -0.135. The van der Waals surface area contributed by atoms with Gasteiger partial charge in [-0.25, -0.2) is 0 Å². The molecule has 0 aliphatic carbocycles. The summed E-state index contributed by atoms with van der Waals surface area (Å²) in [6.07, 6.45) is 4.22. The molecule has 2 atom stereocenters. The van der Waals surface area contributed by atoms with Gasteiger partial charge < -0.3 is 4.74 Å². The van der Waals surface area contributed by atoms with E-state index in [1.54, 1.807) is 0 Å². The third-order valence-corrected chi connectivity index (χ3v) is 2.18. The van der Waals surface area contributed by atoms with E-state index in [4.69, 9.17) is 4.74 Å². The second-order valence-electron chi connectivity index (χ2n) is 2.83. The lowest BCUT2D eigenvalue weighted by atomic mass is 10.1. The van der Waals surface area contributed by atoms with E-state index in [-0.39, 0.29) is 6.10 Å². The highest BCUT2D eigenvalue weighted by Gasteiger charge is 2.34. The molecule has 0 aromatic carbocycles. The molecule has 2 aliphatic rings. The van der Waals surface area contributed by atoms with Crippen molar-refractivity contribution in [2.45, 2.75) is 37.9 Å². The zero-order valence-electron chi connectivity index (χ0n) is 5.30. The van der Waals surface area contributed by atoms with Crippen LogP contribution in [-0.2, 0) is 9.53 Å². The maximum Gasteiger partial charge on any atom is 0.161 e. The zero-order valence-corrected chi connectivity index (χ0v) is 5.30. The van der Waals surface area contributed by atoms with Gasteiger partial charge in [0.25, 0.3) is 0 Å². The van der Waals surface area contributed by atoms with Crippen LogP contribution in [0.15, 0.2) is 0 Å². The van der Waals surface area contributed by atoms with Crippen molar-refractivity contribution in [1.82, 2.24) is 0 Å². The fourth-order valence-electron chi connectivity index (χ4n) is 1.62. The minimum absolute atomic E-state index is 0.0104. The molecule has 9 heavy (non-hydrogen) atoms. The summed E-state index contributed by atoms with van der Waals surface area (Å²) in [4.78, 5) is 10.9. The second-order valence-corrected chi connectivity index (χ2v) is 2.83. The van der Waals surface area contributed by atoms with Gasteiger partial charge >= 0.3 is 0 Å². The Bertz CT molecular complexity index is 142. The Morgan fingerprint density at radius 2 is 2.22 bits per heavy atom. The largest absolute Gasteiger partial charge is 0.367 e. The molecular formula is C7H10O2. The number of ether oxygens (including phenoxy) is 1. The summed E-state index contributed by atoms with van der Waals surface area (Å²) in [6.45, 7) is 0. The number of Topliss-reactive ketones (excluding diaryl/α,β-unsaturated/α-hetero) is 1. The molecule has 0 amide bonds. The Balaban J connectivity index is 2.14. The van der Waals surface area contributed by atoms with Crippen molar-refractivity contribution >= 4 is 5.78 Å². The Morgan fingerprint density at radius 3 is 3.00 bits per heavy atom. The van der Waals surface area contributed by atoms with Crippen LogP contribution in [-0.4, -0.2) is 18.0 Å². The van der Waals surface area contributed by atoms with E-state index in [1.807, 2.05) is 0 Å². The van der Waals surface area contributed by atoms with Gasteiger partial charge in [-0.15, -0.1) is 0 Å². The van der Waals surface area contributed by atoms with Crippen LogP contribution >= 0.6 is 0 Å². The summed E-state index contributed by atoms with van der Waals surface area (Å²) in [7, 11) is 0. The Morgan fingerprint density at radius 1 is 1.33 bits per heavy atom. The maximum atomic E-state index is 10.9. The predicted molar refractivity (Wildman–Crippen MR) is 32.1 cm³/mol. The van der Waals surface area contributed by atoms with Gasteiger partial charge in [0.2, 0.25) is 0 Å². The number of ketones is 1. The first-order valence-electron chi connectivity index (χ1n) is 3.54. The topological polar surface area (TPSA) is 26.3 Å². The average molecular weight is 126 g/mol. The summed E-state index contributed by atoms with van der Waals surface area (Å²) in [6, 6.07) is 0. The van der Waals surface area contributed by atoms with E-state index in [0.717, 1.165) is 25.7 Å². The molecule has 2 saturated heterocycles. The Hall–Kier alpha value is -0.370. The van der Waals surface area contributed by atoms with Crippen LogP contribution in [0.3, 0.4) is 0 Å². The van der Waals surface area contributed by atoms with Crippen molar-refractivity contribution in [3.63, 3.8) is 0 Å². The van der Waals surface area contributed by atoms with Crippen LogP contribution in [0.5, 0.6) is 0 Å². The number of rotatable bonds is 0. The molecule has 2 heterocycles. The number of carbonyl (C=O) groups excluding carboxylic acids is 1. The monoisotopic (exact) mass is 126 g/mol. The second kappa shape index (κ2) is 1.81. The smallest absolute Gasteiger partial charge is 0.161 e. The SMILES string of the molecule is O=C1CC[C@H]2CC[C@H]1O2. The number of hydrogen-bond donors (Lipinski definition) is 0. The van der Waals surface area contributed by atoms with Gasteiger partial charge in [0.05, 0.1) is 6.10 Å². The van der Waals surface area contributed by atoms with Gasteiger partial charge in [-0.1, -0.05) is 0 Å². The molecule has 0 spiro atoms. The highest BCUT2D eigenvalue weighted by Crippen LogP contribution is 2.29. The van der Waals surface area contributed by atoms with Crippen LogP contribution in [0.1, 0.15) is 25.7 Å². The van der Waals surface area contributed by atoms with E-state index < -0.39 is 0 Å². The highest BCUT2D eigenvalue weighted by molar-refractivity contribution is 5.84. The molecule has 0 aromatic rings. The number of carbonyl (C=O) groups is 1. The zero-order chi connectivity index (χ0) is 6.27. The normalized spacial score (nSPS) is 41.6. The van der Waals surface area contributed by atoms with Crippen molar-refractivity contribution in [2.75, 3.05) is 0 Å². The molecule has 2 rings (SSSR count). The van der Waals surface area contributed by atoms with Crippen LogP contribution in [0, 0.1) is 0 Å². The minimum atomic E-state index is -0.0104. The van der Waals surface area contributed by atoms with Gasteiger partial charge in [0.15, 0.2) is 5.78 Å². The molecule has 0 radical (unpaired) electrons. The Labute approximate surface area is 54.2 Å². The highest BCUT2D eigenvalue weighted by atomic mass is 16.5. The Kier molecular flexibility index (Phi) is 1.09. The van der Waals surface area contributed by atoms with Crippen molar-refractivity contribution in [3.05, 3.63) is 0 Å². The summed E-state index contributed by atoms with van der Waals surface area (Å²) < 4.78 is 5.36. The fourth-order valence-corrected chi connectivity index (χ4v) is 1.62. The molecule has 0 saturated carbocycles. The molecule has 2 bridgehead atoms. The molecule has 2 heteroatoms. The van der Waals surface area contributed by atoms with Gasteiger partial charge in [-0.3, -0.25) is 4.79 Å². The fraction of sp³-hybridized carbons (Fsp3) is 0.857. The number of hydrogen-bond acceptors (Lipinski definition) is 2. The molecule has 0 unspecified atom stereocenters. The molecule has 0 N–H and O–H groups in total. The number of fused-ring (bicyclic) bond motifs is 2. The van der Waals surface area contributed by atoms with Crippen molar-refractivity contribution in [3.8, 4) is 0 Å². The molecule has 2 aliphatic heterocycles. The lowest BCUT2D eigenvalue weighted by Gasteiger charge is -2.17. The van der Waals surface area contributed by atoms with Crippen LogP contribution in [0.4, 0.5) is 0 Å². The van der Waals surface area contributed by atoms with Gasteiger partial charge in [-0.2, -0.15) is 0 Å². The minimum Gasteiger partial charge on any atom is -0.367 e. The van der Waals surface area contributed by atoms with E-state index in [1.165, 1.54) is 0 Å². The standard InChI is InChI=1S/C7H10O2/c8-6-3-1-5-2-4-7(6)9-5/h5,7H,1-4H2/t5-,7+/m0/s1. The first kappa shape index (κ1) is 5.42. The van der Waals surface area contributed by atoms with Gasteiger partial charge in [0, 0.05) is 6.42 Å². The van der Waals surface area contributed by atoms with Crippen LogP contribution in [0.2, 0.25) is 0 Å². The van der Waals surface area contributed by atoms with E-state index in [2.05, 4.69) is 0 Å². The summed E-state index contributed by atoms with van der Waals surface area (Å²) in [5, 5.41) is 0.